The number of hydrogen-bond donors (Lipinski definition) is 1. The Hall–Kier alpha value is -3.99. The van der Waals surface area contributed by atoms with E-state index >= 15 is 0 Å². The number of carbonyl (C=O) groups excluding carboxylic acids is 1. The fourth-order valence-corrected chi connectivity index (χ4v) is 3.29. The lowest BCUT2D eigenvalue weighted by Gasteiger charge is -2.07. The number of rotatable bonds is 6. The predicted octanol–water partition coefficient (Wildman–Crippen LogP) is 3.96. The number of nitrogens with one attached hydrogen (secondary N) is 1. The maximum Gasteiger partial charge on any atom is 0.271 e. The van der Waals surface area contributed by atoms with Crippen LogP contribution in [0.15, 0.2) is 33.8 Å². The molecule has 0 saturated carbocycles. The van der Waals surface area contributed by atoms with Gasteiger partial charge in [-0.05, 0) is 45.9 Å². The fourth-order valence-electron chi connectivity index (χ4n) is 3.29. The molecule has 3 aromatic rings. The molecule has 0 unspecified atom stereocenters. The molecule has 1 N–H and O–H groups in total. The van der Waals surface area contributed by atoms with Crippen LogP contribution in [0.5, 0.6) is 11.5 Å². The number of carbonyl (C=O) groups is 1. The van der Waals surface area contributed by atoms with Crippen LogP contribution in [-0.2, 0) is 0 Å². The smallest absolute Gasteiger partial charge is 0.271 e. The molecule has 1 amide bonds. The minimum absolute atomic E-state index is 0.360. The van der Waals surface area contributed by atoms with Gasteiger partial charge in [0, 0.05) is 34.1 Å². The highest BCUT2D eigenvalue weighted by atomic mass is 16.5. The minimum atomic E-state index is -0.397. The Bertz CT molecular complexity index is 1190. The van der Waals surface area contributed by atoms with Crippen LogP contribution in [0.1, 0.15) is 44.2 Å². The van der Waals surface area contributed by atoms with Crippen molar-refractivity contribution in [2.24, 2.45) is 5.10 Å². The number of nitrogens with zero attached hydrogens (tertiary/aromatic N) is 3. The van der Waals surface area contributed by atoms with Crippen LogP contribution in [0.25, 0.3) is 5.88 Å². The molecule has 0 bridgehead atoms. The maximum absolute atomic E-state index is 12.5. The number of ether oxygens (including phenoxy) is 2. The van der Waals surface area contributed by atoms with E-state index in [1.54, 1.807) is 24.4 Å². The van der Waals surface area contributed by atoms with Crippen LogP contribution in [0, 0.1) is 39.0 Å². The number of aryl methyl sites for hydroxylation is 2. The highest BCUT2D eigenvalue weighted by molar-refractivity contribution is 5.95. The van der Waals surface area contributed by atoms with Gasteiger partial charge in [0.25, 0.3) is 5.91 Å². The standard InChI is InChI=1S/C23H24N4O4/c1-13-7-18(15(3)27(13)23-21(11-24)14(2)16(4)31-23)12-25-26-22(28)17-8-19(29-5)10-20(9-17)30-6/h7-10,12H,1-6H3,(H,26,28)/b25-12-. The second kappa shape index (κ2) is 8.79. The van der Waals surface area contributed by atoms with Gasteiger partial charge in [0.1, 0.15) is 28.9 Å². The van der Waals surface area contributed by atoms with Crippen molar-refractivity contribution in [3.63, 3.8) is 0 Å². The lowest BCUT2D eigenvalue weighted by atomic mass is 10.2. The molecule has 0 atom stereocenters. The summed E-state index contributed by atoms with van der Waals surface area (Å²) in [5.41, 5.74) is 6.71. The quantitative estimate of drug-likeness (QED) is 0.480. The number of nitriles is 1. The zero-order valence-electron chi connectivity index (χ0n) is 18.4. The van der Waals surface area contributed by atoms with Gasteiger partial charge in [0.15, 0.2) is 0 Å². The topological polar surface area (TPSA) is 102 Å². The maximum atomic E-state index is 12.5. The molecular formula is C23H24N4O4. The van der Waals surface area contributed by atoms with E-state index in [4.69, 9.17) is 13.9 Å². The largest absolute Gasteiger partial charge is 0.497 e. The minimum Gasteiger partial charge on any atom is -0.497 e. The monoisotopic (exact) mass is 420 g/mol. The van der Waals surface area contributed by atoms with Gasteiger partial charge in [0.2, 0.25) is 5.88 Å². The van der Waals surface area contributed by atoms with E-state index in [1.165, 1.54) is 14.2 Å². The van der Waals surface area contributed by atoms with Crippen molar-refractivity contribution >= 4 is 12.1 Å². The Balaban J connectivity index is 1.85. The summed E-state index contributed by atoms with van der Waals surface area (Å²) in [4.78, 5) is 12.5. The van der Waals surface area contributed by atoms with E-state index in [9.17, 15) is 10.1 Å². The molecule has 2 heterocycles. The van der Waals surface area contributed by atoms with Gasteiger partial charge >= 0.3 is 0 Å². The van der Waals surface area contributed by atoms with E-state index in [0.717, 1.165) is 22.5 Å². The van der Waals surface area contributed by atoms with E-state index in [2.05, 4.69) is 16.6 Å². The van der Waals surface area contributed by atoms with Crippen LogP contribution >= 0.6 is 0 Å². The van der Waals surface area contributed by atoms with Gasteiger partial charge in [-0.1, -0.05) is 0 Å². The SMILES string of the molecule is COc1cc(OC)cc(C(=O)N/N=C\c2cc(C)n(-c3oc(C)c(C)c3C#N)c2C)c1. The number of hydrogen-bond acceptors (Lipinski definition) is 6. The molecule has 31 heavy (non-hydrogen) atoms. The molecule has 8 nitrogen and oxygen atoms in total. The number of aromatic nitrogens is 1. The summed E-state index contributed by atoms with van der Waals surface area (Å²) >= 11 is 0. The highest BCUT2D eigenvalue weighted by Gasteiger charge is 2.20. The first kappa shape index (κ1) is 21.7. The molecule has 0 aliphatic heterocycles. The summed E-state index contributed by atoms with van der Waals surface area (Å²) in [5, 5.41) is 13.6. The summed E-state index contributed by atoms with van der Waals surface area (Å²) in [6.45, 7) is 7.51. The molecule has 160 valence electrons. The lowest BCUT2D eigenvalue weighted by molar-refractivity contribution is 0.0954. The van der Waals surface area contributed by atoms with E-state index < -0.39 is 5.91 Å². The molecule has 0 aliphatic carbocycles. The third-order valence-corrected chi connectivity index (χ3v) is 5.14. The second-order valence-electron chi connectivity index (χ2n) is 7.04. The molecule has 0 radical (unpaired) electrons. The van der Waals surface area contributed by atoms with Crippen LogP contribution in [0.4, 0.5) is 0 Å². The summed E-state index contributed by atoms with van der Waals surface area (Å²) in [6.07, 6.45) is 1.56. The van der Waals surface area contributed by atoms with Gasteiger partial charge in [-0.2, -0.15) is 10.4 Å². The Morgan fingerprint density at radius 1 is 1.13 bits per heavy atom. The van der Waals surface area contributed by atoms with Crippen molar-refractivity contribution in [1.29, 1.82) is 5.26 Å². The van der Waals surface area contributed by atoms with Crippen molar-refractivity contribution in [2.75, 3.05) is 14.2 Å². The average Bonchev–Trinajstić information content (AvgIpc) is 3.21. The predicted molar refractivity (Wildman–Crippen MR) is 116 cm³/mol. The highest BCUT2D eigenvalue weighted by Crippen LogP contribution is 2.28. The number of amides is 1. The first-order chi connectivity index (χ1) is 14.8. The first-order valence-electron chi connectivity index (χ1n) is 9.56. The van der Waals surface area contributed by atoms with Crippen LogP contribution in [0.2, 0.25) is 0 Å². The number of furan rings is 1. The van der Waals surface area contributed by atoms with E-state index in [1.807, 2.05) is 38.3 Å². The third kappa shape index (κ3) is 4.16. The molecule has 0 spiro atoms. The molecule has 0 aliphatic rings. The van der Waals surface area contributed by atoms with Crippen molar-refractivity contribution in [3.8, 4) is 23.5 Å². The van der Waals surface area contributed by atoms with Gasteiger partial charge in [-0.3, -0.25) is 9.36 Å². The zero-order valence-corrected chi connectivity index (χ0v) is 18.4. The normalized spacial score (nSPS) is 10.9. The first-order valence-corrected chi connectivity index (χ1v) is 9.56. The lowest BCUT2D eigenvalue weighted by Crippen LogP contribution is -2.17. The molecular weight excluding hydrogens is 396 g/mol. The molecule has 3 rings (SSSR count). The number of hydrazone groups is 1. The summed E-state index contributed by atoms with van der Waals surface area (Å²) in [5.74, 6) is 1.81. The Kier molecular flexibility index (Phi) is 6.16. The van der Waals surface area contributed by atoms with Crippen molar-refractivity contribution in [3.05, 3.63) is 63.7 Å². The summed E-state index contributed by atoms with van der Waals surface area (Å²) < 4.78 is 18.1. The van der Waals surface area contributed by atoms with Gasteiger partial charge in [-0.15, -0.1) is 0 Å². The van der Waals surface area contributed by atoms with Gasteiger partial charge in [0.05, 0.1) is 20.4 Å². The number of benzene rings is 1. The summed E-state index contributed by atoms with van der Waals surface area (Å²) in [7, 11) is 3.04. The van der Waals surface area contributed by atoms with E-state index in [-0.39, 0.29) is 0 Å². The van der Waals surface area contributed by atoms with Crippen molar-refractivity contribution in [2.45, 2.75) is 27.7 Å². The molecule has 0 fully saturated rings. The summed E-state index contributed by atoms with van der Waals surface area (Å²) in [6, 6.07) is 9.01. The van der Waals surface area contributed by atoms with Gasteiger partial charge < -0.3 is 13.9 Å². The van der Waals surface area contributed by atoms with Crippen molar-refractivity contribution in [1.82, 2.24) is 9.99 Å². The van der Waals surface area contributed by atoms with Crippen LogP contribution in [0.3, 0.4) is 0 Å². The molecule has 1 aromatic carbocycles. The fraction of sp³-hybridized carbons (Fsp3) is 0.261. The third-order valence-electron chi connectivity index (χ3n) is 5.14. The van der Waals surface area contributed by atoms with Crippen LogP contribution < -0.4 is 14.9 Å². The van der Waals surface area contributed by atoms with Crippen molar-refractivity contribution < 1.29 is 18.7 Å². The molecule has 0 saturated heterocycles. The Labute approximate surface area is 180 Å². The number of methoxy groups -OCH3 is 2. The Morgan fingerprint density at radius 2 is 1.77 bits per heavy atom. The molecule has 8 heteroatoms. The van der Waals surface area contributed by atoms with Gasteiger partial charge in [-0.25, -0.2) is 5.43 Å². The zero-order chi connectivity index (χ0) is 22.7. The van der Waals surface area contributed by atoms with E-state index in [0.29, 0.717) is 34.3 Å². The average molecular weight is 420 g/mol. The van der Waals surface area contributed by atoms with Crippen LogP contribution in [-0.4, -0.2) is 30.9 Å². The second-order valence-corrected chi connectivity index (χ2v) is 7.04. The Morgan fingerprint density at radius 3 is 2.35 bits per heavy atom. The molecule has 2 aromatic heterocycles.